The van der Waals surface area contributed by atoms with Crippen LogP contribution in [-0.4, -0.2) is 20.9 Å². The summed E-state index contributed by atoms with van der Waals surface area (Å²) < 4.78 is 2.41. The van der Waals surface area contributed by atoms with E-state index in [4.69, 9.17) is 10.8 Å². The lowest BCUT2D eigenvalue weighted by atomic mass is 10.2. The first-order valence-corrected chi connectivity index (χ1v) is 4.96. The topological polar surface area (TPSA) is 81.1 Å². The summed E-state index contributed by atoms with van der Waals surface area (Å²) in [5.41, 5.74) is 5.78. The third-order valence-corrected chi connectivity index (χ3v) is 2.38. The number of halogens is 1. The van der Waals surface area contributed by atoms with Gasteiger partial charge in [0.2, 0.25) is 0 Å². The number of carboxylic acid groups (broad SMARTS) is 1. The lowest BCUT2D eigenvalue weighted by Gasteiger charge is -2.06. The maximum absolute atomic E-state index is 10.6. The number of carbonyl (C=O) groups is 1. The lowest BCUT2D eigenvalue weighted by Crippen LogP contribution is -2.21. The Labute approximate surface area is 90.0 Å². The molecule has 1 unspecified atom stereocenters. The number of hydrogen-bond acceptors (Lipinski definition) is 3. The maximum Gasteiger partial charge on any atom is 0.326 e. The second-order valence-corrected chi connectivity index (χ2v) is 4.06. The van der Waals surface area contributed by atoms with E-state index in [1.807, 2.05) is 13.8 Å². The zero-order valence-electron chi connectivity index (χ0n) is 7.94. The van der Waals surface area contributed by atoms with Gasteiger partial charge in [0.1, 0.15) is 10.6 Å². The van der Waals surface area contributed by atoms with Crippen molar-refractivity contribution in [1.29, 1.82) is 0 Å². The standard InChI is InChI=1S/C8H12BrN3O2/c1-4(2)12-6(9)3-5(11-12)7(10)8(13)14/h3-4,7H,10H2,1-2H3,(H,13,14). The quantitative estimate of drug-likeness (QED) is 0.860. The molecule has 0 fully saturated rings. The zero-order chi connectivity index (χ0) is 10.9. The van der Waals surface area contributed by atoms with Crippen LogP contribution in [-0.2, 0) is 4.79 Å². The van der Waals surface area contributed by atoms with E-state index in [1.165, 1.54) is 0 Å². The van der Waals surface area contributed by atoms with Crippen LogP contribution < -0.4 is 5.73 Å². The van der Waals surface area contributed by atoms with Crippen LogP contribution in [0.4, 0.5) is 0 Å². The van der Waals surface area contributed by atoms with Gasteiger partial charge in [0.05, 0.1) is 5.69 Å². The number of nitrogens with two attached hydrogens (primary N) is 1. The summed E-state index contributed by atoms with van der Waals surface area (Å²) in [6.45, 7) is 3.90. The highest BCUT2D eigenvalue weighted by molar-refractivity contribution is 9.10. The molecular weight excluding hydrogens is 250 g/mol. The molecule has 0 saturated heterocycles. The zero-order valence-corrected chi connectivity index (χ0v) is 9.52. The Bertz CT molecular complexity index is 348. The van der Waals surface area contributed by atoms with E-state index < -0.39 is 12.0 Å². The average Bonchev–Trinajstić information content (AvgIpc) is 2.45. The highest BCUT2D eigenvalue weighted by Gasteiger charge is 2.19. The largest absolute Gasteiger partial charge is 0.480 e. The normalized spacial score (nSPS) is 13.2. The number of rotatable bonds is 3. The molecule has 0 saturated carbocycles. The van der Waals surface area contributed by atoms with Crippen LogP contribution in [0.1, 0.15) is 31.6 Å². The molecule has 0 aliphatic carbocycles. The second kappa shape index (κ2) is 4.10. The average molecular weight is 262 g/mol. The summed E-state index contributed by atoms with van der Waals surface area (Å²) in [6, 6.07) is 0.726. The molecule has 0 spiro atoms. The Hall–Kier alpha value is -0.880. The first-order chi connectivity index (χ1) is 6.43. The monoisotopic (exact) mass is 261 g/mol. The molecule has 0 amide bonds. The summed E-state index contributed by atoms with van der Waals surface area (Å²) in [4.78, 5) is 10.6. The van der Waals surface area contributed by atoms with Gasteiger partial charge >= 0.3 is 5.97 Å². The lowest BCUT2D eigenvalue weighted by molar-refractivity contribution is -0.138. The number of nitrogens with zero attached hydrogens (tertiary/aromatic N) is 2. The van der Waals surface area contributed by atoms with Crippen molar-refractivity contribution >= 4 is 21.9 Å². The Morgan fingerprint density at radius 1 is 1.71 bits per heavy atom. The van der Waals surface area contributed by atoms with E-state index in [0.717, 1.165) is 4.60 Å². The van der Waals surface area contributed by atoms with Crippen molar-refractivity contribution in [3.05, 3.63) is 16.4 Å². The number of aliphatic carboxylic acids is 1. The summed E-state index contributed by atoms with van der Waals surface area (Å²) in [7, 11) is 0. The summed E-state index contributed by atoms with van der Waals surface area (Å²) in [6.07, 6.45) is 0. The fraction of sp³-hybridized carbons (Fsp3) is 0.500. The molecular formula is C8H12BrN3O2. The fourth-order valence-electron chi connectivity index (χ4n) is 1.03. The molecule has 3 N–H and O–H groups in total. The molecule has 1 aromatic rings. The number of hydrogen-bond donors (Lipinski definition) is 2. The van der Waals surface area contributed by atoms with Gasteiger partial charge in [0.15, 0.2) is 0 Å². The molecule has 0 radical (unpaired) electrons. The van der Waals surface area contributed by atoms with Crippen molar-refractivity contribution in [2.45, 2.75) is 25.9 Å². The minimum absolute atomic E-state index is 0.166. The molecule has 0 aliphatic rings. The van der Waals surface area contributed by atoms with Crippen LogP contribution in [0, 0.1) is 0 Å². The van der Waals surface area contributed by atoms with Crippen LogP contribution in [0.15, 0.2) is 10.7 Å². The predicted molar refractivity (Wildman–Crippen MR) is 54.9 cm³/mol. The van der Waals surface area contributed by atoms with Crippen molar-refractivity contribution in [1.82, 2.24) is 9.78 Å². The molecule has 1 heterocycles. The van der Waals surface area contributed by atoms with E-state index in [0.29, 0.717) is 5.69 Å². The van der Waals surface area contributed by atoms with E-state index in [9.17, 15) is 4.79 Å². The van der Waals surface area contributed by atoms with Gasteiger partial charge in [-0.1, -0.05) is 0 Å². The molecule has 0 aliphatic heterocycles. The molecule has 5 nitrogen and oxygen atoms in total. The van der Waals surface area contributed by atoms with E-state index in [-0.39, 0.29) is 6.04 Å². The third kappa shape index (κ3) is 2.13. The molecule has 1 aromatic heterocycles. The smallest absolute Gasteiger partial charge is 0.326 e. The van der Waals surface area contributed by atoms with Crippen molar-refractivity contribution in [3.63, 3.8) is 0 Å². The van der Waals surface area contributed by atoms with Gasteiger partial charge in [0, 0.05) is 6.04 Å². The predicted octanol–water partition coefficient (Wildman–Crippen LogP) is 1.31. The summed E-state index contributed by atoms with van der Waals surface area (Å²) in [5.74, 6) is -1.08. The van der Waals surface area contributed by atoms with Crippen molar-refractivity contribution in [2.75, 3.05) is 0 Å². The summed E-state index contributed by atoms with van der Waals surface area (Å²) >= 11 is 3.29. The van der Waals surface area contributed by atoms with Gasteiger partial charge in [-0.3, -0.25) is 9.48 Å². The highest BCUT2D eigenvalue weighted by atomic mass is 79.9. The van der Waals surface area contributed by atoms with Crippen molar-refractivity contribution in [3.8, 4) is 0 Å². The van der Waals surface area contributed by atoms with Crippen LogP contribution in [0.3, 0.4) is 0 Å². The number of carboxylic acids is 1. The van der Waals surface area contributed by atoms with Gasteiger partial charge in [-0.25, -0.2) is 0 Å². The Morgan fingerprint density at radius 2 is 2.29 bits per heavy atom. The summed E-state index contributed by atoms with van der Waals surface area (Å²) in [5, 5.41) is 12.8. The number of aromatic nitrogens is 2. The third-order valence-electron chi connectivity index (χ3n) is 1.78. The van der Waals surface area contributed by atoms with Crippen LogP contribution in [0.2, 0.25) is 0 Å². The van der Waals surface area contributed by atoms with Gasteiger partial charge in [-0.05, 0) is 35.8 Å². The molecule has 14 heavy (non-hydrogen) atoms. The van der Waals surface area contributed by atoms with Gasteiger partial charge < -0.3 is 10.8 Å². The molecule has 78 valence electrons. The molecule has 0 bridgehead atoms. The highest BCUT2D eigenvalue weighted by Crippen LogP contribution is 2.20. The first kappa shape index (κ1) is 11.2. The van der Waals surface area contributed by atoms with E-state index in [1.54, 1.807) is 10.7 Å². The van der Waals surface area contributed by atoms with E-state index >= 15 is 0 Å². The van der Waals surface area contributed by atoms with Gasteiger partial charge in [-0.2, -0.15) is 5.10 Å². The molecule has 1 rings (SSSR count). The van der Waals surface area contributed by atoms with Crippen LogP contribution in [0.25, 0.3) is 0 Å². The molecule has 6 heteroatoms. The molecule has 1 atom stereocenters. The minimum Gasteiger partial charge on any atom is -0.480 e. The maximum atomic E-state index is 10.6. The molecule has 0 aromatic carbocycles. The SMILES string of the molecule is CC(C)n1nc(C(N)C(=O)O)cc1Br. The Balaban J connectivity index is 3.02. The minimum atomic E-state index is -1.08. The Morgan fingerprint density at radius 3 is 2.64 bits per heavy atom. The van der Waals surface area contributed by atoms with Gasteiger partial charge in [-0.15, -0.1) is 0 Å². The van der Waals surface area contributed by atoms with Crippen molar-refractivity contribution in [2.24, 2.45) is 5.73 Å². The fourth-order valence-corrected chi connectivity index (χ4v) is 1.75. The van der Waals surface area contributed by atoms with Crippen LogP contribution >= 0.6 is 15.9 Å². The van der Waals surface area contributed by atoms with Crippen molar-refractivity contribution < 1.29 is 9.90 Å². The van der Waals surface area contributed by atoms with Gasteiger partial charge in [0.25, 0.3) is 0 Å². The van der Waals surface area contributed by atoms with Crippen LogP contribution in [0.5, 0.6) is 0 Å². The first-order valence-electron chi connectivity index (χ1n) is 4.16. The van der Waals surface area contributed by atoms with E-state index in [2.05, 4.69) is 21.0 Å². The Kier molecular flexibility index (Phi) is 3.28. The second-order valence-electron chi connectivity index (χ2n) is 3.25.